The summed E-state index contributed by atoms with van der Waals surface area (Å²) in [5.74, 6) is -0.970. The molecule has 0 aliphatic rings. The first-order chi connectivity index (χ1) is 11.0. The zero-order valence-electron chi connectivity index (χ0n) is 12.4. The minimum Gasteiger partial charge on any atom is -0.502 e. The lowest BCUT2D eigenvalue weighted by Gasteiger charge is -2.18. The highest BCUT2D eigenvalue weighted by atomic mass is 16.6. The average Bonchev–Trinajstić information content (AvgIpc) is 2.55. The summed E-state index contributed by atoms with van der Waals surface area (Å²) in [4.78, 5) is 22.4. The lowest BCUT2D eigenvalue weighted by atomic mass is 10.1. The molecule has 0 heterocycles. The maximum absolute atomic E-state index is 12.3. The Morgan fingerprint density at radius 3 is 2.61 bits per heavy atom. The number of phenolic OH excluding ortho intramolecular Hbond substituents is 1. The molecule has 0 bridgehead atoms. The van der Waals surface area contributed by atoms with Crippen LogP contribution in [0.4, 0.5) is 5.69 Å². The summed E-state index contributed by atoms with van der Waals surface area (Å²) in [5.41, 5.74) is 0.433. The van der Waals surface area contributed by atoms with Gasteiger partial charge in [0.1, 0.15) is 0 Å². The molecule has 0 aliphatic heterocycles. The van der Waals surface area contributed by atoms with Crippen molar-refractivity contribution >= 4 is 11.6 Å². The normalized spacial score (nSPS) is 11.7. The van der Waals surface area contributed by atoms with Gasteiger partial charge < -0.3 is 15.2 Å². The van der Waals surface area contributed by atoms with Gasteiger partial charge in [-0.1, -0.05) is 30.3 Å². The molecule has 0 fully saturated rings. The number of carbonyl (C=O) groups excluding carboxylic acids is 1. The molecular formula is C16H16N2O5. The number of nitro benzene ring substituents is 1. The highest BCUT2D eigenvalue weighted by Gasteiger charge is 2.20. The van der Waals surface area contributed by atoms with Gasteiger partial charge in [0.05, 0.1) is 17.6 Å². The van der Waals surface area contributed by atoms with E-state index < -0.39 is 22.3 Å². The van der Waals surface area contributed by atoms with E-state index in [2.05, 4.69) is 5.32 Å². The van der Waals surface area contributed by atoms with Gasteiger partial charge in [0, 0.05) is 18.7 Å². The lowest BCUT2D eigenvalue weighted by Crippen LogP contribution is -2.31. The Morgan fingerprint density at radius 2 is 2.00 bits per heavy atom. The van der Waals surface area contributed by atoms with Crippen molar-refractivity contribution in [1.29, 1.82) is 0 Å². The van der Waals surface area contributed by atoms with Crippen molar-refractivity contribution in [3.8, 4) is 5.75 Å². The molecule has 0 aromatic heterocycles. The van der Waals surface area contributed by atoms with E-state index in [0.717, 1.165) is 17.7 Å². The van der Waals surface area contributed by atoms with Gasteiger partial charge in [-0.15, -0.1) is 0 Å². The number of phenols is 1. The van der Waals surface area contributed by atoms with Crippen molar-refractivity contribution in [2.24, 2.45) is 0 Å². The second-order valence-electron chi connectivity index (χ2n) is 4.85. The quantitative estimate of drug-likeness (QED) is 0.629. The van der Waals surface area contributed by atoms with Crippen LogP contribution in [0.2, 0.25) is 0 Å². The number of methoxy groups -OCH3 is 1. The van der Waals surface area contributed by atoms with Gasteiger partial charge in [0.25, 0.3) is 5.91 Å². The van der Waals surface area contributed by atoms with Crippen LogP contribution in [-0.4, -0.2) is 29.7 Å². The summed E-state index contributed by atoms with van der Waals surface area (Å²) in [6, 6.07) is 12.4. The number of hydrogen-bond donors (Lipinski definition) is 2. The molecule has 23 heavy (non-hydrogen) atoms. The van der Waals surface area contributed by atoms with Crippen LogP contribution in [0, 0.1) is 10.1 Å². The Bertz CT molecular complexity index is 703. The molecule has 2 aromatic carbocycles. The average molecular weight is 316 g/mol. The fourth-order valence-electron chi connectivity index (χ4n) is 2.13. The Balaban J connectivity index is 2.22. The van der Waals surface area contributed by atoms with Gasteiger partial charge in [-0.25, -0.2) is 0 Å². The maximum atomic E-state index is 12.3. The Morgan fingerprint density at radius 1 is 1.30 bits per heavy atom. The van der Waals surface area contributed by atoms with Crippen LogP contribution in [-0.2, 0) is 4.74 Å². The van der Waals surface area contributed by atoms with Crippen LogP contribution < -0.4 is 5.32 Å². The predicted molar refractivity (Wildman–Crippen MR) is 83.3 cm³/mol. The number of carbonyl (C=O) groups is 1. The SMILES string of the molecule is COC[C@H](NC(=O)c1ccc(O)c([N+](=O)[O-])c1)c1ccccc1. The number of amides is 1. The second-order valence-corrected chi connectivity index (χ2v) is 4.85. The molecule has 2 aromatic rings. The number of hydrogen-bond acceptors (Lipinski definition) is 5. The summed E-state index contributed by atoms with van der Waals surface area (Å²) < 4.78 is 5.11. The smallest absolute Gasteiger partial charge is 0.311 e. The molecule has 0 saturated heterocycles. The topological polar surface area (TPSA) is 102 Å². The highest BCUT2D eigenvalue weighted by Crippen LogP contribution is 2.26. The number of nitrogens with zero attached hydrogens (tertiary/aromatic N) is 1. The lowest BCUT2D eigenvalue weighted by molar-refractivity contribution is -0.385. The molecule has 2 N–H and O–H groups in total. The fraction of sp³-hybridized carbons (Fsp3) is 0.188. The third-order valence-electron chi connectivity index (χ3n) is 3.27. The maximum Gasteiger partial charge on any atom is 0.311 e. The van der Waals surface area contributed by atoms with E-state index in [1.54, 1.807) is 0 Å². The summed E-state index contributed by atoms with van der Waals surface area (Å²) in [5, 5.41) is 23.0. The van der Waals surface area contributed by atoms with Crippen molar-refractivity contribution in [3.05, 3.63) is 69.8 Å². The molecule has 7 heteroatoms. The van der Waals surface area contributed by atoms with Crippen LogP contribution in [0.1, 0.15) is 22.0 Å². The molecule has 0 aliphatic carbocycles. The van der Waals surface area contributed by atoms with E-state index in [1.165, 1.54) is 13.2 Å². The third kappa shape index (κ3) is 4.04. The van der Waals surface area contributed by atoms with Crippen molar-refractivity contribution in [3.63, 3.8) is 0 Å². The van der Waals surface area contributed by atoms with E-state index in [1.807, 2.05) is 30.3 Å². The summed E-state index contributed by atoms with van der Waals surface area (Å²) in [6.45, 7) is 0.260. The molecule has 2 rings (SSSR count). The first kappa shape index (κ1) is 16.4. The van der Waals surface area contributed by atoms with Crippen LogP contribution in [0.3, 0.4) is 0 Å². The number of nitrogens with one attached hydrogen (secondary N) is 1. The first-order valence-corrected chi connectivity index (χ1v) is 6.85. The Labute approximate surface area is 132 Å². The van der Waals surface area contributed by atoms with Crippen LogP contribution in [0.15, 0.2) is 48.5 Å². The van der Waals surface area contributed by atoms with E-state index in [4.69, 9.17) is 4.74 Å². The highest BCUT2D eigenvalue weighted by molar-refractivity contribution is 5.95. The molecule has 0 unspecified atom stereocenters. The summed E-state index contributed by atoms with van der Waals surface area (Å²) in [6.07, 6.45) is 0. The largest absolute Gasteiger partial charge is 0.502 e. The summed E-state index contributed by atoms with van der Waals surface area (Å²) in [7, 11) is 1.52. The van der Waals surface area contributed by atoms with Gasteiger partial charge in [0.2, 0.25) is 0 Å². The third-order valence-corrected chi connectivity index (χ3v) is 3.27. The molecule has 120 valence electrons. The van der Waals surface area contributed by atoms with Crippen molar-refractivity contribution in [1.82, 2.24) is 5.32 Å². The van der Waals surface area contributed by atoms with Crippen LogP contribution >= 0.6 is 0 Å². The van der Waals surface area contributed by atoms with Gasteiger partial charge in [-0.05, 0) is 17.7 Å². The molecule has 1 amide bonds. The minimum atomic E-state index is -0.740. The van der Waals surface area contributed by atoms with Crippen molar-refractivity contribution < 1.29 is 19.6 Å². The minimum absolute atomic E-state index is 0.0894. The van der Waals surface area contributed by atoms with Gasteiger partial charge in [0.15, 0.2) is 5.75 Å². The number of nitro groups is 1. The number of ether oxygens (including phenoxy) is 1. The van der Waals surface area contributed by atoms with E-state index in [-0.39, 0.29) is 18.2 Å². The van der Waals surface area contributed by atoms with Gasteiger partial charge >= 0.3 is 5.69 Å². The van der Waals surface area contributed by atoms with Crippen LogP contribution in [0.5, 0.6) is 5.75 Å². The molecular weight excluding hydrogens is 300 g/mol. The molecule has 7 nitrogen and oxygen atoms in total. The second kappa shape index (κ2) is 7.37. The monoisotopic (exact) mass is 316 g/mol. The molecule has 0 spiro atoms. The summed E-state index contributed by atoms with van der Waals surface area (Å²) >= 11 is 0. The van der Waals surface area contributed by atoms with E-state index in [9.17, 15) is 20.0 Å². The first-order valence-electron chi connectivity index (χ1n) is 6.85. The molecule has 0 saturated carbocycles. The zero-order valence-corrected chi connectivity index (χ0v) is 12.4. The standard InChI is InChI=1S/C16H16N2O5/c1-23-10-13(11-5-3-2-4-6-11)17-16(20)12-7-8-15(19)14(9-12)18(21)22/h2-9,13,19H,10H2,1H3,(H,17,20)/t13-/m0/s1. The van der Waals surface area contributed by atoms with Gasteiger partial charge in [-0.3, -0.25) is 14.9 Å². The van der Waals surface area contributed by atoms with E-state index in [0.29, 0.717) is 0 Å². The Hall–Kier alpha value is -2.93. The molecule has 1 atom stereocenters. The number of aromatic hydroxyl groups is 1. The fourth-order valence-corrected chi connectivity index (χ4v) is 2.13. The predicted octanol–water partition coefficient (Wildman–Crippen LogP) is 2.42. The van der Waals surface area contributed by atoms with Crippen LogP contribution in [0.25, 0.3) is 0 Å². The number of rotatable bonds is 6. The molecule has 0 radical (unpaired) electrons. The van der Waals surface area contributed by atoms with Crippen molar-refractivity contribution in [2.45, 2.75) is 6.04 Å². The Kier molecular flexibility index (Phi) is 5.27. The van der Waals surface area contributed by atoms with E-state index >= 15 is 0 Å². The van der Waals surface area contributed by atoms with Crippen molar-refractivity contribution in [2.75, 3.05) is 13.7 Å². The zero-order chi connectivity index (χ0) is 16.8. The number of benzene rings is 2. The van der Waals surface area contributed by atoms with Gasteiger partial charge in [-0.2, -0.15) is 0 Å².